The number of aryl methyl sites for hydroxylation is 2. The minimum Gasteiger partial charge on any atom is -0.358 e. The average Bonchev–Trinajstić information content (AvgIpc) is 2.50. The second-order valence-corrected chi connectivity index (χ2v) is 6.72. The Bertz CT molecular complexity index is 663. The lowest BCUT2D eigenvalue weighted by molar-refractivity contribution is -0.872. The summed E-state index contributed by atoms with van der Waals surface area (Å²) in [6, 6.07) is 14.9. The molecule has 0 aliphatic heterocycles. The summed E-state index contributed by atoms with van der Waals surface area (Å²) in [7, 11) is 4.32. The van der Waals surface area contributed by atoms with Gasteiger partial charge in [-0.05, 0) is 54.9 Å². The van der Waals surface area contributed by atoms with Crippen molar-refractivity contribution in [2.75, 3.05) is 19.4 Å². The Labute approximate surface area is 144 Å². The second-order valence-electron chi connectivity index (χ2n) is 6.31. The van der Waals surface area contributed by atoms with Crippen LogP contribution in [0.25, 0.3) is 0 Å². The molecule has 3 nitrogen and oxygen atoms in total. The van der Waals surface area contributed by atoms with Gasteiger partial charge in [0.2, 0.25) is 0 Å². The van der Waals surface area contributed by atoms with E-state index in [2.05, 4.69) is 81.0 Å². The molecule has 0 radical (unpaired) electrons. The Morgan fingerprint density at radius 1 is 0.957 bits per heavy atom. The van der Waals surface area contributed by atoms with Crippen molar-refractivity contribution in [1.82, 2.24) is 5.32 Å². The molecule has 0 saturated heterocycles. The summed E-state index contributed by atoms with van der Waals surface area (Å²) < 4.78 is 0. The lowest BCUT2D eigenvalue weighted by Gasteiger charge is -2.12. The monoisotopic (exact) mass is 328 g/mol. The van der Waals surface area contributed by atoms with Crippen molar-refractivity contribution in [2.24, 2.45) is 0 Å². The largest absolute Gasteiger partial charge is 0.358 e. The Kier molecular flexibility index (Phi) is 6.13. The molecule has 4 heteroatoms. The van der Waals surface area contributed by atoms with Crippen LogP contribution in [0.3, 0.4) is 0 Å². The van der Waals surface area contributed by atoms with Crippen LogP contribution >= 0.6 is 12.2 Å². The number of hydrogen-bond donors (Lipinski definition) is 3. The van der Waals surface area contributed by atoms with Crippen LogP contribution in [0, 0.1) is 13.8 Å². The lowest BCUT2D eigenvalue weighted by atomic mass is 10.1. The van der Waals surface area contributed by atoms with E-state index in [1.54, 1.807) is 0 Å². The van der Waals surface area contributed by atoms with Crippen molar-refractivity contribution in [3.05, 3.63) is 64.7 Å². The van der Waals surface area contributed by atoms with E-state index in [9.17, 15) is 0 Å². The fourth-order valence-electron chi connectivity index (χ4n) is 2.36. The van der Waals surface area contributed by atoms with Crippen LogP contribution < -0.4 is 15.5 Å². The normalized spacial score (nSPS) is 10.7. The van der Waals surface area contributed by atoms with E-state index in [1.165, 1.54) is 27.2 Å². The molecular weight excluding hydrogens is 302 g/mol. The smallest absolute Gasteiger partial charge is 0.171 e. The van der Waals surface area contributed by atoms with E-state index < -0.39 is 0 Å². The maximum atomic E-state index is 5.37. The number of quaternary nitrogens is 1. The van der Waals surface area contributed by atoms with Gasteiger partial charge in [0, 0.05) is 17.8 Å². The van der Waals surface area contributed by atoms with Gasteiger partial charge in [-0.3, -0.25) is 0 Å². The SMILES string of the molecule is Cc1ccc(NC(=S)NCc2ccc(C[NH+](C)C)cc2)cc1C. The van der Waals surface area contributed by atoms with Crippen molar-refractivity contribution >= 4 is 23.0 Å². The summed E-state index contributed by atoms with van der Waals surface area (Å²) >= 11 is 5.37. The van der Waals surface area contributed by atoms with E-state index in [0.717, 1.165) is 18.8 Å². The van der Waals surface area contributed by atoms with Crippen molar-refractivity contribution in [3.63, 3.8) is 0 Å². The van der Waals surface area contributed by atoms with Gasteiger partial charge in [0.25, 0.3) is 0 Å². The zero-order valence-corrected chi connectivity index (χ0v) is 15.2. The van der Waals surface area contributed by atoms with E-state index in [1.807, 2.05) is 0 Å². The predicted molar refractivity (Wildman–Crippen MR) is 102 cm³/mol. The molecule has 122 valence electrons. The van der Waals surface area contributed by atoms with Crippen LogP contribution in [0.4, 0.5) is 5.69 Å². The number of benzene rings is 2. The van der Waals surface area contributed by atoms with Gasteiger partial charge in [-0.25, -0.2) is 0 Å². The van der Waals surface area contributed by atoms with Crippen LogP contribution in [0.2, 0.25) is 0 Å². The maximum Gasteiger partial charge on any atom is 0.171 e. The molecule has 2 rings (SSSR count). The topological polar surface area (TPSA) is 28.5 Å². The summed E-state index contributed by atoms with van der Waals surface area (Å²) in [6.07, 6.45) is 0. The molecule has 0 unspecified atom stereocenters. The lowest BCUT2D eigenvalue weighted by Crippen LogP contribution is -3.04. The molecule has 0 bridgehead atoms. The molecule has 23 heavy (non-hydrogen) atoms. The zero-order valence-electron chi connectivity index (χ0n) is 14.4. The molecule has 0 saturated carbocycles. The third-order valence-corrected chi connectivity index (χ3v) is 4.04. The average molecular weight is 329 g/mol. The van der Waals surface area contributed by atoms with E-state index in [-0.39, 0.29) is 0 Å². The molecule has 0 atom stereocenters. The molecule has 0 aliphatic rings. The molecule has 0 amide bonds. The molecular formula is C19H26N3S+. The third kappa shape index (κ3) is 5.66. The summed E-state index contributed by atoms with van der Waals surface area (Å²) in [6.45, 7) is 5.98. The van der Waals surface area contributed by atoms with Gasteiger partial charge in [-0.15, -0.1) is 0 Å². The van der Waals surface area contributed by atoms with Gasteiger partial charge >= 0.3 is 0 Å². The Morgan fingerprint density at radius 2 is 1.61 bits per heavy atom. The van der Waals surface area contributed by atoms with E-state index >= 15 is 0 Å². The highest BCUT2D eigenvalue weighted by atomic mass is 32.1. The second kappa shape index (κ2) is 8.09. The van der Waals surface area contributed by atoms with Crippen molar-refractivity contribution in [1.29, 1.82) is 0 Å². The standard InChI is InChI=1S/C19H25N3S/c1-14-5-10-18(11-15(14)2)21-19(23)20-12-16-6-8-17(9-7-16)13-22(3)4/h5-11H,12-13H2,1-4H3,(H2,20,21,23)/p+1. The third-order valence-electron chi connectivity index (χ3n) is 3.80. The molecule has 0 spiro atoms. The maximum absolute atomic E-state index is 5.37. The minimum absolute atomic E-state index is 0.648. The molecule has 2 aromatic carbocycles. The van der Waals surface area contributed by atoms with Crippen LogP contribution in [-0.4, -0.2) is 19.2 Å². The Hall–Kier alpha value is -1.91. The van der Waals surface area contributed by atoms with Crippen LogP contribution in [-0.2, 0) is 13.1 Å². The summed E-state index contributed by atoms with van der Waals surface area (Å²) in [5.74, 6) is 0. The van der Waals surface area contributed by atoms with Gasteiger partial charge in [0.1, 0.15) is 6.54 Å². The molecule has 0 aromatic heterocycles. The highest BCUT2D eigenvalue weighted by Gasteiger charge is 2.01. The number of hydrogen-bond acceptors (Lipinski definition) is 1. The zero-order chi connectivity index (χ0) is 16.8. The summed E-state index contributed by atoms with van der Waals surface area (Å²) in [5.41, 5.74) is 6.15. The first-order chi connectivity index (χ1) is 10.9. The van der Waals surface area contributed by atoms with Crippen LogP contribution in [0.1, 0.15) is 22.3 Å². The Morgan fingerprint density at radius 3 is 2.22 bits per heavy atom. The molecule has 2 aromatic rings. The van der Waals surface area contributed by atoms with Gasteiger partial charge in [0.05, 0.1) is 14.1 Å². The fraction of sp³-hybridized carbons (Fsp3) is 0.316. The van der Waals surface area contributed by atoms with E-state index in [0.29, 0.717) is 5.11 Å². The summed E-state index contributed by atoms with van der Waals surface area (Å²) in [5, 5.41) is 7.14. The molecule has 0 heterocycles. The number of nitrogens with one attached hydrogen (secondary N) is 3. The molecule has 0 fully saturated rings. The van der Waals surface area contributed by atoms with Crippen LogP contribution in [0.15, 0.2) is 42.5 Å². The molecule has 3 N–H and O–H groups in total. The first-order valence-corrected chi connectivity index (χ1v) is 8.34. The van der Waals surface area contributed by atoms with Gasteiger partial charge in [-0.2, -0.15) is 0 Å². The van der Waals surface area contributed by atoms with E-state index in [4.69, 9.17) is 12.2 Å². The quantitative estimate of drug-likeness (QED) is 0.736. The first kappa shape index (κ1) is 17.4. The number of anilines is 1. The highest BCUT2D eigenvalue weighted by molar-refractivity contribution is 7.80. The highest BCUT2D eigenvalue weighted by Crippen LogP contribution is 2.14. The summed E-state index contributed by atoms with van der Waals surface area (Å²) in [4.78, 5) is 1.43. The fourth-order valence-corrected chi connectivity index (χ4v) is 2.55. The molecule has 0 aliphatic carbocycles. The predicted octanol–water partition coefficient (Wildman–Crippen LogP) is 2.43. The van der Waals surface area contributed by atoms with Crippen LogP contribution in [0.5, 0.6) is 0 Å². The number of rotatable bonds is 5. The van der Waals surface area contributed by atoms with Crippen molar-refractivity contribution in [2.45, 2.75) is 26.9 Å². The van der Waals surface area contributed by atoms with Crippen molar-refractivity contribution < 1.29 is 4.90 Å². The van der Waals surface area contributed by atoms with Gasteiger partial charge < -0.3 is 15.5 Å². The van der Waals surface area contributed by atoms with Gasteiger partial charge in [0.15, 0.2) is 5.11 Å². The first-order valence-electron chi connectivity index (χ1n) is 7.93. The minimum atomic E-state index is 0.648. The Balaban J connectivity index is 1.85. The van der Waals surface area contributed by atoms with Crippen molar-refractivity contribution in [3.8, 4) is 0 Å². The number of thiocarbonyl (C=S) groups is 1. The van der Waals surface area contributed by atoms with Gasteiger partial charge in [-0.1, -0.05) is 30.3 Å².